The predicted octanol–water partition coefficient (Wildman–Crippen LogP) is 2.52. The Kier molecular flexibility index (Phi) is 4.12. The van der Waals surface area contributed by atoms with E-state index in [1.54, 1.807) is 7.05 Å². The lowest BCUT2D eigenvalue weighted by Gasteiger charge is -2.25. The number of nitrogens with two attached hydrogens (primary N) is 1. The lowest BCUT2D eigenvalue weighted by molar-refractivity contribution is 0.0589. The van der Waals surface area contributed by atoms with Crippen molar-refractivity contribution in [3.8, 4) is 0 Å². The number of rotatable bonds is 2. The first-order chi connectivity index (χ1) is 7.85. The molecule has 0 aromatic heterocycles. The zero-order chi connectivity index (χ0) is 13.1. The average Bonchev–Trinajstić information content (AvgIpc) is 2.25. The van der Waals surface area contributed by atoms with Gasteiger partial charge in [0.1, 0.15) is 5.60 Å². The van der Waals surface area contributed by atoms with Crippen LogP contribution in [0.5, 0.6) is 0 Å². The quantitative estimate of drug-likeness (QED) is 0.858. The number of benzene rings is 1. The largest absolute Gasteiger partial charge is 0.443 e. The lowest BCUT2D eigenvalue weighted by Crippen LogP contribution is -2.34. The molecule has 0 radical (unpaired) electrons. The number of para-hydroxylation sites is 1. The molecule has 0 aliphatic carbocycles. The highest BCUT2D eigenvalue weighted by molar-refractivity contribution is 5.88. The molecule has 4 nitrogen and oxygen atoms in total. The third-order valence-electron chi connectivity index (χ3n) is 2.24. The van der Waals surface area contributed by atoms with Gasteiger partial charge in [0.25, 0.3) is 0 Å². The van der Waals surface area contributed by atoms with Gasteiger partial charge in [0.15, 0.2) is 0 Å². The molecule has 94 valence electrons. The van der Waals surface area contributed by atoms with Crippen molar-refractivity contribution in [2.24, 2.45) is 5.73 Å². The Balaban J connectivity index is 2.89. The molecule has 0 atom stereocenters. The number of carbonyl (C=O) groups is 1. The second-order valence-electron chi connectivity index (χ2n) is 4.87. The summed E-state index contributed by atoms with van der Waals surface area (Å²) in [6.45, 7) is 5.91. The molecular weight excluding hydrogens is 216 g/mol. The summed E-state index contributed by atoms with van der Waals surface area (Å²) in [7, 11) is 1.68. The SMILES string of the molecule is CN(C(=O)OC(C)(C)C)c1ccccc1CN. The molecule has 4 heteroatoms. The van der Waals surface area contributed by atoms with E-state index in [9.17, 15) is 4.79 Å². The molecule has 0 aliphatic heterocycles. The average molecular weight is 236 g/mol. The van der Waals surface area contributed by atoms with Crippen LogP contribution in [0.2, 0.25) is 0 Å². The molecule has 0 fully saturated rings. The molecule has 0 spiro atoms. The number of amides is 1. The Morgan fingerprint density at radius 3 is 2.47 bits per heavy atom. The van der Waals surface area contributed by atoms with E-state index in [1.807, 2.05) is 45.0 Å². The van der Waals surface area contributed by atoms with Crippen molar-refractivity contribution in [1.29, 1.82) is 0 Å². The number of nitrogens with zero attached hydrogens (tertiary/aromatic N) is 1. The van der Waals surface area contributed by atoms with Crippen LogP contribution in [0.4, 0.5) is 10.5 Å². The van der Waals surface area contributed by atoms with Crippen LogP contribution in [-0.2, 0) is 11.3 Å². The first-order valence-electron chi connectivity index (χ1n) is 5.60. The highest BCUT2D eigenvalue weighted by Gasteiger charge is 2.21. The van der Waals surface area contributed by atoms with Crippen molar-refractivity contribution in [3.63, 3.8) is 0 Å². The standard InChI is InChI=1S/C13H20N2O2/c1-13(2,3)17-12(16)15(4)11-8-6-5-7-10(11)9-14/h5-8H,9,14H2,1-4H3. The van der Waals surface area contributed by atoms with Gasteiger partial charge in [0.2, 0.25) is 0 Å². The van der Waals surface area contributed by atoms with Crippen molar-refractivity contribution in [2.45, 2.75) is 32.9 Å². The highest BCUT2D eigenvalue weighted by atomic mass is 16.6. The van der Waals surface area contributed by atoms with Crippen LogP contribution in [0.15, 0.2) is 24.3 Å². The van der Waals surface area contributed by atoms with Crippen LogP contribution >= 0.6 is 0 Å². The molecule has 1 aromatic rings. The third-order valence-corrected chi connectivity index (χ3v) is 2.24. The highest BCUT2D eigenvalue weighted by Crippen LogP contribution is 2.20. The maximum atomic E-state index is 11.9. The Hall–Kier alpha value is -1.55. The molecular formula is C13H20N2O2. The van der Waals surface area contributed by atoms with E-state index in [0.717, 1.165) is 11.3 Å². The van der Waals surface area contributed by atoms with E-state index < -0.39 is 5.60 Å². The summed E-state index contributed by atoms with van der Waals surface area (Å²) in [5, 5.41) is 0. The van der Waals surface area contributed by atoms with Gasteiger partial charge in [-0.05, 0) is 32.4 Å². The first-order valence-corrected chi connectivity index (χ1v) is 5.60. The van der Waals surface area contributed by atoms with Gasteiger partial charge in [-0.3, -0.25) is 4.90 Å². The van der Waals surface area contributed by atoms with Gasteiger partial charge in [-0.25, -0.2) is 4.79 Å². The zero-order valence-corrected chi connectivity index (χ0v) is 10.9. The summed E-state index contributed by atoms with van der Waals surface area (Å²) >= 11 is 0. The minimum absolute atomic E-state index is 0.376. The van der Waals surface area contributed by atoms with Gasteiger partial charge in [-0.2, -0.15) is 0 Å². The van der Waals surface area contributed by atoms with Crippen LogP contribution in [-0.4, -0.2) is 18.7 Å². The fourth-order valence-electron chi connectivity index (χ4n) is 1.44. The molecule has 2 N–H and O–H groups in total. The summed E-state index contributed by atoms with van der Waals surface area (Å²) in [4.78, 5) is 13.4. The second kappa shape index (κ2) is 5.19. The first kappa shape index (κ1) is 13.5. The van der Waals surface area contributed by atoms with Crippen molar-refractivity contribution < 1.29 is 9.53 Å². The van der Waals surface area contributed by atoms with Gasteiger partial charge in [0, 0.05) is 13.6 Å². The third kappa shape index (κ3) is 3.75. The monoisotopic (exact) mass is 236 g/mol. The topological polar surface area (TPSA) is 55.6 Å². The number of anilines is 1. The Morgan fingerprint density at radius 1 is 1.35 bits per heavy atom. The molecule has 17 heavy (non-hydrogen) atoms. The van der Waals surface area contributed by atoms with Crippen molar-refractivity contribution in [1.82, 2.24) is 0 Å². The fraction of sp³-hybridized carbons (Fsp3) is 0.462. The Morgan fingerprint density at radius 2 is 1.94 bits per heavy atom. The lowest BCUT2D eigenvalue weighted by atomic mass is 10.1. The predicted molar refractivity (Wildman–Crippen MR) is 69.0 cm³/mol. The van der Waals surface area contributed by atoms with E-state index >= 15 is 0 Å². The molecule has 1 aromatic carbocycles. The number of ether oxygens (including phenoxy) is 1. The van der Waals surface area contributed by atoms with Crippen molar-refractivity contribution >= 4 is 11.8 Å². The molecule has 0 saturated carbocycles. The minimum atomic E-state index is -0.497. The van der Waals surface area contributed by atoms with Gasteiger partial charge >= 0.3 is 6.09 Å². The molecule has 1 amide bonds. The molecule has 0 aliphatic rings. The second-order valence-corrected chi connectivity index (χ2v) is 4.87. The van der Waals surface area contributed by atoms with Crippen LogP contribution in [0.1, 0.15) is 26.3 Å². The minimum Gasteiger partial charge on any atom is -0.443 e. The van der Waals surface area contributed by atoms with E-state index in [4.69, 9.17) is 10.5 Å². The van der Waals surface area contributed by atoms with Crippen LogP contribution in [0.25, 0.3) is 0 Å². The summed E-state index contributed by atoms with van der Waals surface area (Å²) < 4.78 is 5.30. The van der Waals surface area contributed by atoms with Gasteiger partial charge in [-0.1, -0.05) is 18.2 Å². The molecule has 0 bridgehead atoms. The Labute approximate surface area is 102 Å². The molecule has 1 rings (SSSR count). The Bertz CT molecular complexity index is 397. The smallest absolute Gasteiger partial charge is 0.414 e. The fourth-order valence-corrected chi connectivity index (χ4v) is 1.44. The van der Waals surface area contributed by atoms with Crippen LogP contribution in [0.3, 0.4) is 0 Å². The van der Waals surface area contributed by atoms with Gasteiger partial charge in [-0.15, -0.1) is 0 Å². The van der Waals surface area contributed by atoms with Crippen molar-refractivity contribution in [2.75, 3.05) is 11.9 Å². The van der Waals surface area contributed by atoms with Gasteiger partial charge < -0.3 is 10.5 Å². The summed E-state index contributed by atoms with van der Waals surface area (Å²) in [6, 6.07) is 7.52. The van der Waals surface area contributed by atoms with Gasteiger partial charge in [0.05, 0.1) is 5.69 Å². The molecule has 0 unspecified atom stereocenters. The molecule has 0 saturated heterocycles. The summed E-state index contributed by atoms with van der Waals surface area (Å²) in [6.07, 6.45) is -0.376. The van der Waals surface area contributed by atoms with Crippen molar-refractivity contribution in [3.05, 3.63) is 29.8 Å². The van der Waals surface area contributed by atoms with E-state index in [1.165, 1.54) is 4.90 Å². The maximum absolute atomic E-state index is 11.9. The number of hydrogen-bond donors (Lipinski definition) is 1. The summed E-state index contributed by atoms with van der Waals surface area (Å²) in [5.41, 5.74) is 6.84. The normalized spacial score (nSPS) is 11.1. The molecule has 0 heterocycles. The van der Waals surface area contributed by atoms with E-state index in [2.05, 4.69) is 0 Å². The van der Waals surface area contributed by atoms with Crippen LogP contribution < -0.4 is 10.6 Å². The van der Waals surface area contributed by atoms with Crippen LogP contribution in [0, 0.1) is 0 Å². The number of hydrogen-bond acceptors (Lipinski definition) is 3. The van der Waals surface area contributed by atoms with E-state index in [-0.39, 0.29) is 6.09 Å². The maximum Gasteiger partial charge on any atom is 0.414 e. The van der Waals surface area contributed by atoms with E-state index in [0.29, 0.717) is 6.54 Å². The zero-order valence-electron chi connectivity index (χ0n) is 10.9. The number of carbonyl (C=O) groups excluding carboxylic acids is 1. The summed E-state index contributed by atoms with van der Waals surface area (Å²) in [5.74, 6) is 0.